The topological polar surface area (TPSA) is 68.0 Å². The first-order valence-corrected chi connectivity index (χ1v) is 6.93. The maximum absolute atomic E-state index is 11.8. The van der Waals surface area contributed by atoms with Crippen LogP contribution in [0.2, 0.25) is 0 Å². The van der Waals surface area contributed by atoms with E-state index in [1.54, 1.807) is 18.2 Å². The quantitative estimate of drug-likeness (QED) is 0.857. The molecule has 0 bridgehead atoms. The lowest BCUT2D eigenvalue weighted by Crippen LogP contribution is -2.32. The van der Waals surface area contributed by atoms with E-state index in [9.17, 15) is 4.79 Å². The molecule has 2 rings (SSSR count). The van der Waals surface area contributed by atoms with E-state index in [-0.39, 0.29) is 5.91 Å². The van der Waals surface area contributed by atoms with Crippen LogP contribution in [0.3, 0.4) is 0 Å². The number of aromatic nitrogens is 1. The zero-order chi connectivity index (χ0) is 12.1. The van der Waals surface area contributed by atoms with E-state index in [4.69, 9.17) is 5.73 Å². The number of nitrogens with two attached hydrogens (primary N) is 1. The van der Waals surface area contributed by atoms with Gasteiger partial charge in [-0.05, 0) is 30.7 Å². The molecule has 0 aliphatic carbocycles. The number of carbonyl (C=O) groups is 1. The summed E-state index contributed by atoms with van der Waals surface area (Å²) in [7, 11) is 0. The van der Waals surface area contributed by atoms with E-state index >= 15 is 0 Å². The maximum Gasteiger partial charge on any atom is 0.270 e. The average molecular weight is 251 g/mol. The summed E-state index contributed by atoms with van der Waals surface area (Å²) in [4.78, 5) is 15.8. The van der Waals surface area contributed by atoms with Gasteiger partial charge in [-0.25, -0.2) is 4.98 Å². The summed E-state index contributed by atoms with van der Waals surface area (Å²) in [6, 6.07) is 5.10. The Labute approximate surface area is 105 Å². The Morgan fingerprint density at radius 3 is 3.12 bits per heavy atom. The van der Waals surface area contributed by atoms with Crippen molar-refractivity contribution in [1.82, 2.24) is 10.3 Å². The van der Waals surface area contributed by atoms with Crippen LogP contribution in [0.15, 0.2) is 18.2 Å². The smallest absolute Gasteiger partial charge is 0.270 e. The molecule has 1 unspecified atom stereocenters. The van der Waals surface area contributed by atoms with Gasteiger partial charge in [-0.1, -0.05) is 12.5 Å². The molecule has 4 nitrogen and oxygen atoms in total. The third-order valence-electron chi connectivity index (χ3n) is 2.77. The number of amides is 1. The van der Waals surface area contributed by atoms with Gasteiger partial charge in [0.05, 0.1) is 0 Å². The van der Waals surface area contributed by atoms with Crippen LogP contribution >= 0.6 is 11.8 Å². The molecule has 1 aromatic rings. The molecule has 1 atom stereocenters. The van der Waals surface area contributed by atoms with Crippen molar-refractivity contribution in [2.45, 2.75) is 24.5 Å². The van der Waals surface area contributed by atoms with Gasteiger partial charge in [0.2, 0.25) is 0 Å². The monoisotopic (exact) mass is 251 g/mol. The normalized spacial score (nSPS) is 19.9. The summed E-state index contributed by atoms with van der Waals surface area (Å²) in [6.45, 7) is 0.722. The number of hydrogen-bond acceptors (Lipinski definition) is 4. The molecule has 92 valence electrons. The number of nitrogens with zero attached hydrogens (tertiary/aromatic N) is 1. The first-order valence-electron chi connectivity index (χ1n) is 5.88. The number of anilines is 1. The minimum atomic E-state index is -0.136. The van der Waals surface area contributed by atoms with Crippen molar-refractivity contribution >= 4 is 23.5 Å². The summed E-state index contributed by atoms with van der Waals surface area (Å²) < 4.78 is 0. The minimum absolute atomic E-state index is 0.136. The highest BCUT2D eigenvalue weighted by Gasteiger charge is 2.15. The third kappa shape index (κ3) is 3.63. The fourth-order valence-electron chi connectivity index (χ4n) is 1.84. The van der Waals surface area contributed by atoms with Gasteiger partial charge < -0.3 is 11.1 Å². The van der Waals surface area contributed by atoms with Gasteiger partial charge in [0, 0.05) is 11.8 Å². The van der Waals surface area contributed by atoms with Crippen LogP contribution in [-0.2, 0) is 0 Å². The van der Waals surface area contributed by atoms with Crippen molar-refractivity contribution in [1.29, 1.82) is 0 Å². The van der Waals surface area contributed by atoms with Crippen molar-refractivity contribution in [3.63, 3.8) is 0 Å². The second-order valence-corrected chi connectivity index (χ2v) is 5.55. The molecule has 2 heterocycles. The molecule has 1 saturated heterocycles. The molecule has 1 aliphatic heterocycles. The van der Waals surface area contributed by atoms with Crippen molar-refractivity contribution in [2.75, 3.05) is 18.0 Å². The summed E-state index contributed by atoms with van der Waals surface area (Å²) in [5, 5.41) is 3.47. The Morgan fingerprint density at radius 2 is 2.41 bits per heavy atom. The minimum Gasteiger partial charge on any atom is -0.384 e. The van der Waals surface area contributed by atoms with Crippen LogP contribution in [0.4, 0.5) is 5.82 Å². The number of rotatable bonds is 3. The molecule has 1 amide bonds. The van der Waals surface area contributed by atoms with E-state index in [0.717, 1.165) is 6.54 Å². The Hall–Kier alpha value is -1.23. The van der Waals surface area contributed by atoms with Crippen molar-refractivity contribution in [2.24, 2.45) is 0 Å². The number of hydrogen-bond donors (Lipinski definition) is 2. The summed E-state index contributed by atoms with van der Waals surface area (Å²) in [5.41, 5.74) is 5.93. The summed E-state index contributed by atoms with van der Waals surface area (Å²) in [6.07, 6.45) is 3.76. The predicted molar refractivity (Wildman–Crippen MR) is 71.1 cm³/mol. The van der Waals surface area contributed by atoms with Crippen molar-refractivity contribution in [3.8, 4) is 0 Å². The van der Waals surface area contributed by atoms with Gasteiger partial charge >= 0.3 is 0 Å². The lowest BCUT2D eigenvalue weighted by Gasteiger charge is -2.21. The van der Waals surface area contributed by atoms with Crippen molar-refractivity contribution < 1.29 is 4.79 Å². The zero-order valence-corrected chi connectivity index (χ0v) is 10.5. The lowest BCUT2D eigenvalue weighted by molar-refractivity contribution is 0.0948. The molecule has 1 aromatic heterocycles. The van der Waals surface area contributed by atoms with Gasteiger partial charge in [-0.15, -0.1) is 0 Å². The summed E-state index contributed by atoms with van der Waals surface area (Å²) in [5.74, 6) is 1.45. The molecule has 5 heteroatoms. The van der Waals surface area contributed by atoms with Gasteiger partial charge in [-0.3, -0.25) is 4.79 Å². The Balaban J connectivity index is 1.84. The van der Waals surface area contributed by atoms with E-state index in [1.165, 1.54) is 25.0 Å². The fourth-order valence-corrected chi connectivity index (χ4v) is 3.08. The maximum atomic E-state index is 11.8. The molecule has 1 aliphatic rings. The van der Waals surface area contributed by atoms with Gasteiger partial charge in [0.1, 0.15) is 11.5 Å². The number of nitrogen functional groups attached to an aromatic ring is 1. The highest BCUT2D eigenvalue weighted by Crippen LogP contribution is 2.24. The van der Waals surface area contributed by atoms with Crippen molar-refractivity contribution in [3.05, 3.63) is 23.9 Å². The molecule has 0 radical (unpaired) electrons. The zero-order valence-electron chi connectivity index (χ0n) is 9.69. The van der Waals surface area contributed by atoms with E-state index in [2.05, 4.69) is 10.3 Å². The van der Waals surface area contributed by atoms with Crippen LogP contribution < -0.4 is 11.1 Å². The summed E-state index contributed by atoms with van der Waals surface area (Å²) >= 11 is 1.94. The van der Waals surface area contributed by atoms with Crippen LogP contribution in [0, 0.1) is 0 Å². The number of pyridine rings is 1. The molecule has 0 spiro atoms. The predicted octanol–water partition coefficient (Wildman–Crippen LogP) is 1.68. The first-order chi connectivity index (χ1) is 8.25. The Bertz CT molecular complexity index is 391. The number of nitrogens with one attached hydrogen (secondary N) is 1. The standard InChI is InChI=1S/C12H17N3OS/c13-11-6-3-5-10(15-11)12(16)14-8-9-4-1-2-7-17-9/h3,5-6,9H,1-2,4,7-8H2,(H2,13,15)(H,14,16). The van der Waals surface area contributed by atoms with E-state index in [1.807, 2.05) is 11.8 Å². The highest BCUT2D eigenvalue weighted by molar-refractivity contribution is 7.99. The molecule has 3 N–H and O–H groups in total. The number of carbonyl (C=O) groups excluding carboxylic acids is 1. The molecule has 0 aromatic carbocycles. The fraction of sp³-hybridized carbons (Fsp3) is 0.500. The van der Waals surface area contributed by atoms with Gasteiger partial charge in [0.25, 0.3) is 5.91 Å². The molecule has 1 fully saturated rings. The van der Waals surface area contributed by atoms with Crippen LogP contribution in [0.25, 0.3) is 0 Å². The van der Waals surface area contributed by atoms with Crippen LogP contribution in [-0.4, -0.2) is 28.4 Å². The number of thioether (sulfide) groups is 1. The molecular weight excluding hydrogens is 234 g/mol. The van der Waals surface area contributed by atoms with Crippen LogP contribution in [0.5, 0.6) is 0 Å². The molecular formula is C12H17N3OS. The molecule has 17 heavy (non-hydrogen) atoms. The van der Waals surface area contributed by atoms with Gasteiger partial charge in [0.15, 0.2) is 0 Å². The van der Waals surface area contributed by atoms with Gasteiger partial charge in [-0.2, -0.15) is 11.8 Å². The SMILES string of the molecule is Nc1cccc(C(=O)NCC2CCCCS2)n1. The van der Waals surface area contributed by atoms with E-state index < -0.39 is 0 Å². The Kier molecular flexibility index (Phi) is 4.25. The van der Waals surface area contributed by atoms with Crippen LogP contribution in [0.1, 0.15) is 29.8 Å². The second kappa shape index (κ2) is 5.91. The highest BCUT2D eigenvalue weighted by atomic mass is 32.2. The Morgan fingerprint density at radius 1 is 1.53 bits per heavy atom. The third-order valence-corrected chi connectivity index (χ3v) is 4.17. The first kappa shape index (κ1) is 12.2. The largest absolute Gasteiger partial charge is 0.384 e. The average Bonchev–Trinajstić information content (AvgIpc) is 2.37. The second-order valence-electron chi connectivity index (χ2n) is 4.15. The van der Waals surface area contributed by atoms with E-state index in [0.29, 0.717) is 16.8 Å². The molecule has 0 saturated carbocycles. The lowest BCUT2D eigenvalue weighted by atomic mass is 10.2.